The fourth-order valence-electron chi connectivity index (χ4n) is 2.23. The first-order valence-electron chi connectivity index (χ1n) is 6.23. The van der Waals surface area contributed by atoms with Crippen LogP contribution < -0.4 is 10.6 Å². The zero-order valence-electron chi connectivity index (χ0n) is 11.0. The molecule has 1 aromatic rings. The lowest BCUT2D eigenvalue weighted by molar-refractivity contribution is -0.121. The SMILES string of the molecule is C[C](C)CN1CCN(c2ccc(N)cc2)C(=O)C1. The Bertz CT molecular complexity index is 414. The number of benzene rings is 1. The number of carbonyl (C=O) groups is 1. The molecule has 1 saturated heterocycles. The summed E-state index contributed by atoms with van der Waals surface area (Å²) in [5, 5.41) is 0. The maximum atomic E-state index is 12.1. The Hall–Kier alpha value is -1.55. The summed E-state index contributed by atoms with van der Waals surface area (Å²) in [6.45, 7) is 7.25. The fourth-order valence-corrected chi connectivity index (χ4v) is 2.23. The summed E-state index contributed by atoms with van der Waals surface area (Å²) in [7, 11) is 0. The Morgan fingerprint density at radius 1 is 1.22 bits per heavy atom. The molecule has 97 valence electrons. The molecular formula is C14H20N3O. The first-order valence-corrected chi connectivity index (χ1v) is 6.23. The number of carbonyl (C=O) groups excluding carboxylic acids is 1. The lowest BCUT2D eigenvalue weighted by atomic mass is 10.1. The van der Waals surface area contributed by atoms with E-state index in [-0.39, 0.29) is 5.91 Å². The van der Waals surface area contributed by atoms with E-state index in [4.69, 9.17) is 5.73 Å². The molecule has 0 spiro atoms. The molecule has 1 aliphatic rings. The normalized spacial score (nSPS) is 17.5. The van der Waals surface area contributed by atoms with E-state index in [1.165, 1.54) is 5.92 Å². The number of piperazine rings is 1. The second kappa shape index (κ2) is 5.40. The van der Waals surface area contributed by atoms with Crippen LogP contribution in [0.15, 0.2) is 24.3 Å². The van der Waals surface area contributed by atoms with Crippen LogP contribution in [0.1, 0.15) is 13.8 Å². The van der Waals surface area contributed by atoms with Gasteiger partial charge in [0.15, 0.2) is 0 Å². The van der Waals surface area contributed by atoms with E-state index in [0.29, 0.717) is 6.54 Å². The first kappa shape index (κ1) is 12.9. The van der Waals surface area contributed by atoms with Crippen LogP contribution in [0.4, 0.5) is 11.4 Å². The number of nitrogens with zero attached hydrogens (tertiary/aromatic N) is 2. The zero-order valence-corrected chi connectivity index (χ0v) is 11.0. The van der Waals surface area contributed by atoms with Crippen molar-refractivity contribution in [2.45, 2.75) is 13.8 Å². The maximum Gasteiger partial charge on any atom is 0.241 e. The van der Waals surface area contributed by atoms with Gasteiger partial charge in [-0.2, -0.15) is 0 Å². The van der Waals surface area contributed by atoms with Crippen molar-refractivity contribution in [3.8, 4) is 0 Å². The van der Waals surface area contributed by atoms with E-state index < -0.39 is 0 Å². The highest BCUT2D eigenvalue weighted by atomic mass is 16.2. The van der Waals surface area contributed by atoms with Gasteiger partial charge >= 0.3 is 0 Å². The van der Waals surface area contributed by atoms with Crippen LogP contribution in [-0.2, 0) is 4.79 Å². The molecule has 1 heterocycles. The number of anilines is 2. The van der Waals surface area contributed by atoms with Crippen molar-refractivity contribution in [2.75, 3.05) is 36.8 Å². The van der Waals surface area contributed by atoms with E-state index >= 15 is 0 Å². The van der Waals surface area contributed by atoms with Crippen molar-refractivity contribution < 1.29 is 4.79 Å². The molecule has 0 aromatic heterocycles. The second-order valence-electron chi connectivity index (χ2n) is 5.05. The van der Waals surface area contributed by atoms with Gasteiger partial charge in [-0.3, -0.25) is 9.69 Å². The van der Waals surface area contributed by atoms with Crippen LogP contribution in [0, 0.1) is 5.92 Å². The van der Waals surface area contributed by atoms with E-state index in [1.54, 1.807) is 0 Å². The van der Waals surface area contributed by atoms with Gasteiger partial charge in [0.25, 0.3) is 0 Å². The quantitative estimate of drug-likeness (QED) is 0.823. The van der Waals surface area contributed by atoms with E-state index in [0.717, 1.165) is 31.0 Å². The molecule has 4 nitrogen and oxygen atoms in total. The number of nitrogens with two attached hydrogens (primary N) is 1. The molecule has 0 unspecified atom stereocenters. The minimum atomic E-state index is 0.160. The Morgan fingerprint density at radius 2 is 1.89 bits per heavy atom. The minimum absolute atomic E-state index is 0.160. The predicted octanol–water partition coefficient (Wildman–Crippen LogP) is 1.53. The van der Waals surface area contributed by atoms with Crippen LogP contribution in [0.5, 0.6) is 0 Å². The number of amides is 1. The molecule has 0 atom stereocenters. The summed E-state index contributed by atoms with van der Waals surface area (Å²) >= 11 is 0. The summed E-state index contributed by atoms with van der Waals surface area (Å²) in [6, 6.07) is 7.47. The van der Waals surface area contributed by atoms with Gasteiger partial charge in [-0.1, -0.05) is 13.8 Å². The maximum absolute atomic E-state index is 12.1. The smallest absolute Gasteiger partial charge is 0.241 e. The molecule has 0 aliphatic carbocycles. The van der Waals surface area contributed by atoms with Gasteiger partial charge in [0.1, 0.15) is 0 Å². The summed E-state index contributed by atoms with van der Waals surface area (Å²) in [6.07, 6.45) is 0. The molecule has 18 heavy (non-hydrogen) atoms. The second-order valence-corrected chi connectivity index (χ2v) is 5.05. The molecule has 1 aliphatic heterocycles. The fraction of sp³-hybridized carbons (Fsp3) is 0.429. The Kier molecular flexibility index (Phi) is 3.87. The molecule has 1 aromatic carbocycles. The third kappa shape index (κ3) is 3.01. The van der Waals surface area contributed by atoms with Crippen molar-refractivity contribution in [3.63, 3.8) is 0 Å². The topological polar surface area (TPSA) is 49.6 Å². The number of rotatable bonds is 3. The predicted molar refractivity (Wildman–Crippen MR) is 74.2 cm³/mol. The lowest BCUT2D eigenvalue weighted by Crippen LogP contribution is -2.51. The van der Waals surface area contributed by atoms with Crippen molar-refractivity contribution >= 4 is 17.3 Å². The van der Waals surface area contributed by atoms with Gasteiger partial charge in [-0.25, -0.2) is 0 Å². The van der Waals surface area contributed by atoms with Gasteiger partial charge in [-0.05, 0) is 30.2 Å². The molecule has 2 N–H and O–H groups in total. The standard InChI is InChI=1S/C14H20N3O/c1-11(2)9-16-7-8-17(14(18)10-16)13-5-3-12(15)4-6-13/h3-6H,7-10,15H2,1-2H3. The Morgan fingerprint density at radius 3 is 2.44 bits per heavy atom. The van der Waals surface area contributed by atoms with Crippen LogP contribution in [0.25, 0.3) is 0 Å². The van der Waals surface area contributed by atoms with Crippen molar-refractivity contribution in [1.29, 1.82) is 0 Å². The first-order chi connectivity index (χ1) is 8.56. The molecule has 0 saturated carbocycles. The number of hydrogen-bond donors (Lipinski definition) is 1. The van der Waals surface area contributed by atoms with Gasteiger partial charge in [-0.15, -0.1) is 0 Å². The molecule has 4 heteroatoms. The van der Waals surface area contributed by atoms with Gasteiger partial charge in [0, 0.05) is 31.0 Å². The summed E-state index contributed by atoms with van der Waals surface area (Å²) in [4.78, 5) is 16.1. The third-order valence-corrected chi connectivity index (χ3v) is 3.04. The summed E-state index contributed by atoms with van der Waals surface area (Å²) in [5.41, 5.74) is 7.31. The average molecular weight is 246 g/mol. The minimum Gasteiger partial charge on any atom is -0.399 e. The van der Waals surface area contributed by atoms with Crippen LogP contribution >= 0.6 is 0 Å². The van der Waals surface area contributed by atoms with E-state index in [9.17, 15) is 4.79 Å². The third-order valence-electron chi connectivity index (χ3n) is 3.04. The highest BCUT2D eigenvalue weighted by Crippen LogP contribution is 2.19. The van der Waals surface area contributed by atoms with E-state index in [1.807, 2.05) is 29.2 Å². The van der Waals surface area contributed by atoms with Crippen molar-refractivity contribution in [1.82, 2.24) is 4.90 Å². The van der Waals surface area contributed by atoms with Gasteiger partial charge < -0.3 is 10.6 Å². The van der Waals surface area contributed by atoms with Crippen LogP contribution in [-0.4, -0.2) is 37.0 Å². The number of hydrogen-bond acceptors (Lipinski definition) is 3. The van der Waals surface area contributed by atoms with Gasteiger partial charge in [0.2, 0.25) is 5.91 Å². The lowest BCUT2D eigenvalue weighted by Gasteiger charge is -2.35. The number of nitrogen functional groups attached to an aromatic ring is 1. The molecule has 0 bridgehead atoms. The molecule has 1 fully saturated rings. The average Bonchev–Trinajstić information content (AvgIpc) is 2.30. The molecule has 1 amide bonds. The molecule has 1 radical (unpaired) electrons. The summed E-state index contributed by atoms with van der Waals surface area (Å²) in [5.74, 6) is 1.50. The van der Waals surface area contributed by atoms with E-state index in [2.05, 4.69) is 18.7 Å². The highest BCUT2D eigenvalue weighted by Gasteiger charge is 2.25. The van der Waals surface area contributed by atoms with Crippen molar-refractivity contribution in [2.24, 2.45) is 0 Å². The highest BCUT2D eigenvalue weighted by molar-refractivity contribution is 5.95. The van der Waals surface area contributed by atoms with Gasteiger partial charge in [0.05, 0.1) is 6.54 Å². The van der Waals surface area contributed by atoms with Crippen LogP contribution in [0.2, 0.25) is 0 Å². The zero-order chi connectivity index (χ0) is 13.1. The Balaban J connectivity index is 2.01. The van der Waals surface area contributed by atoms with Crippen molar-refractivity contribution in [3.05, 3.63) is 30.2 Å². The van der Waals surface area contributed by atoms with Crippen LogP contribution in [0.3, 0.4) is 0 Å². The monoisotopic (exact) mass is 246 g/mol. The molecular weight excluding hydrogens is 226 g/mol. The largest absolute Gasteiger partial charge is 0.399 e. The molecule has 2 rings (SSSR count). The summed E-state index contributed by atoms with van der Waals surface area (Å²) < 4.78 is 0. The Labute approximate surface area is 108 Å².